The quantitative estimate of drug-likeness (QED) is 0.457. The van der Waals surface area contributed by atoms with Crippen molar-refractivity contribution in [1.29, 1.82) is 0 Å². The number of ether oxygens (including phenoxy) is 1. The molecule has 0 aromatic heterocycles. The Kier molecular flexibility index (Phi) is 7.72. The second kappa shape index (κ2) is 10.5. The van der Waals surface area contributed by atoms with E-state index >= 15 is 0 Å². The van der Waals surface area contributed by atoms with Crippen molar-refractivity contribution in [2.45, 2.75) is 27.0 Å². The SMILES string of the molecule is CCN(CC)CCNCc1c(OCc2ccccc2Cl)ccc2ccccc12. The number of fused-ring (bicyclic) bond motifs is 1. The predicted octanol–water partition coefficient (Wildman–Crippen LogP) is 5.50. The molecule has 4 heteroatoms. The summed E-state index contributed by atoms with van der Waals surface area (Å²) in [4.78, 5) is 2.42. The number of benzene rings is 3. The summed E-state index contributed by atoms with van der Waals surface area (Å²) in [6.45, 7) is 9.81. The molecule has 3 rings (SSSR count). The lowest BCUT2D eigenvalue weighted by molar-refractivity contribution is 0.296. The highest BCUT2D eigenvalue weighted by Gasteiger charge is 2.10. The Morgan fingerprint density at radius 3 is 2.46 bits per heavy atom. The van der Waals surface area contributed by atoms with Gasteiger partial charge in [-0.15, -0.1) is 0 Å². The van der Waals surface area contributed by atoms with E-state index in [-0.39, 0.29) is 0 Å². The average Bonchev–Trinajstić information content (AvgIpc) is 2.73. The number of rotatable bonds is 10. The zero-order valence-electron chi connectivity index (χ0n) is 16.7. The van der Waals surface area contributed by atoms with Gasteiger partial charge in [0.2, 0.25) is 0 Å². The van der Waals surface area contributed by atoms with Crippen LogP contribution in [-0.2, 0) is 13.2 Å². The molecule has 3 aromatic rings. The van der Waals surface area contributed by atoms with Gasteiger partial charge in [-0.25, -0.2) is 0 Å². The highest BCUT2D eigenvalue weighted by Crippen LogP contribution is 2.29. The fraction of sp³-hybridized carbons (Fsp3) is 0.333. The normalized spacial score (nSPS) is 11.3. The van der Waals surface area contributed by atoms with Crippen LogP contribution in [0, 0.1) is 0 Å². The van der Waals surface area contributed by atoms with E-state index in [1.807, 2.05) is 24.3 Å². The molecule has 0 heterocycles. The third kappa shape index (κ3) is 5.26. The Balaban J connectivity index is 1.75. The summed E-state index contributed by atoms with van der Waals surface area (Å²) in [5, 5.41) is 6.79. The minimum Gasteiger partial charge on any atom is -0.488 e. The standard InChI is InChI=1S/C24H29ClN2O/c1-3-27(4-2)16-15-26-17-22-21-11-7-5-9-19(21)13-14-24(22)28-18-20-10-6-8-12-23(20)25/h5-14,26H,3-4,15-18H2,1-2H3. The van der Waals surface area contributed by atoms with Gasteiger partial charge < -0.3 is 15.0 Å². The van der Waals surface area contributed by atoms with Gasteiger partial charge in [-0.2, -0.15) is 0 Å². The topological polar surface area (TPSA) is 24.5 Å². The second-order valence-electron chi connectivity index (χ2n) is 6.85. The molecule has 148 valence electrons. The Morgan fingerprint density at radius 2 is 1.68 bits per heavy atom. The van der Waals surface area contributed by atoms with Gasteiger partial charge in [-0.1, -0.05) is 74.0 Å². The van der Waals surface area contributed by atoms with Gasteiger partial charge in [0.15, 0.2) is 0 Å². The van der Waals surface area contributed by atoms with Crippen molar-refractivity contribution in [2.24, 2.45) is 0 Å². The van der Waals surface area contributed by atoms with Crippen LogP contribution < -0.4 is 10.1 Å². The smallest absolute Gasteiger partial charge is 0.124 e. The summed E-state index contributed by atoms with van der Waals surface area (Å²) in [7, 11) is 0. The third-order valence-corrected chi connectivity index (χ3v) is 5.51. The molecule has 0 aliphatic heterocycles. The molecule has 0 amide bonds. The molecule has 0 unspecified atom stereocenters. The molecule has 1 N–H and O–H groups in total. The minimum absolute atomic E-state index is 0.463. The summed E-state index contributed by atoms with van der Waals surface area (Å²) >= 11 is 6.29. The molecular formula is C24H29ClN2O. The zero-order valence-corrected chi connectivity index (χ0v) is 17.5. The van der Waals surface area contributed by atoms with Gasteiger partial charge in [-0.3, -0.25) is 0 Å². The van der Waals surface area contributed by atoms with Crippen LogP contribution in [-0.4, -0.2) is 31.1 Å². The molecule has 0 bridgehead atoms. The molecule has 0 aliphatic carbocycles. The van der Waals surface area contributed by atoms with Crippen LogP contribution in [0.15, 0.2) is 60.7 Å². The Bertz CT molecular complexity index is 893. The summed E-state index contributed by atoms with van der Waals surface area (Å²) in [6, 6.07) is 20.5. The van der Waals surface area contributed by atoms with Crippen LogP contribution in [0.25, 0.3) is 10.8 Å². The summed E-state index contributed by atoms with van der Waals surface area (Å²) < 4.78 is 6.20. The van der Waals surface area contributed by atoms with Crippen LogP contribution in [0.2, 0.25) is 5.02 Å². The Morgan fingerprint density at radius 1 is 0.929 bits per heavy atom. The van der Waals surface area contributed by atoms with Crippen LogP contribution in [0.3, 0.4) is 0 Å². The maximum Gasteiger partial charge on any atom is 0.124 e. The van der Waals surface area contributed by atoms with Crippen LogP contribution >= 0.6 is 11.6 Å². The van der Waals surface area contributed by atoms with Gasteiger partial charge >= 0.3 is 0 Å². The third-order valence-electron chi connectivity index (χ3n) is 5.14. The summed E-state index contributed by atoms with van der Waals surface area (Å²) in [6.07, 6.45) is 0. The summed E-state index contributed by atoms with van der Waals surface area (Å²) in [5.74, 6) is 0.911. The van der Waals surface area contributed by atoms with Crippen molar-refractivity contribution in [3.05, 3.63) is 76.8 Å². The van der Waals surface area contributed by atoms with Crippen molar-refractivity contribution in [1.82, 2.24) is 10.2 Å². The average molecular weight is 397 g/mol. The number of nitrogens with zero attached hydrogens (tertiary/aromatic N) is 1. The largest absolute Gasteiger partial charge is 0.488 e. The number of halogens is 1. The van der Waals surface area contributed by atoms with Crippen molar-refractivity contribution in [3.8, 4) is 5.75 Å². The fourth-order valence-corrected chi connectivity index (χ4v) is 3.59. The summed E-state index contributed by atoms with van der Waals surface area (Å²) in [5.41, 5.74) is 2.20. The highest BCUT2D eigenvalue weighted by atomic mass is 35.5. The van der Waals surface area contributed by atoms with Gasteiger partial charge in [0.05, 0.1) is 0 Å². The molecule has 0 atom stereocenters. The van der Waals surface area contributed by atoms with Crippen molar-refractivity contribution in [2.75, 3.05) is 26.2 Å². The van der Waals surface area contributed by atoms with E-state index in [0.717, 1.165) is 49.1 Å². The van der Waals surface area contributed by atoms with Crippen LogP contribution in [0.4, 0.5) is 0 Å². The van der Waals surface area contributed by atoms with E-state index < -0.39 is 0 Å². The molecule has 0 saturated heterocycles. The zero-order chi connectivity index (χ0) is 19.8. The lowest BCUT2D eigenvalue weighted by atomic mass is 10.0. The van der Waals surface area contributed by atoms with E-state index in [2.05, 4.69) is 60.5 Å². The maximum absolute atomic E-state index is 6.29. The van der Waals surface area contributed by atoms with Gasteiger partial charge in [0.25, 0.3) is 0 Å². The number of hydrogen-bond acceptors (Lipinski definition) is 3. The van der Waals surface area contributed by atoms with Crippen molar-refractivity contribution >= 4 is 22.4 Å². The van der Waals surface area contributed by atoms with E-state index in [1.165, 1.54) is 16.3 Å². The Labute approximate surface area is 173 Å². The van der Waals surface area contributed by atoms with Crippen LogP contribution in [0.5, 0.6) is 5.75 Å². The second-order valence-corrected chi connectivity index (χ2v) is 7.25. The number of hydrogen-bond donors (Lipinski definition) is 1. The molecule has 28 heavy (non-hydrogen) atoms. The fourth-order valence-electron chi connectivity index (χ4n) is 3.39. The van der Waals surface area contributed by atoms with Crippen LogP contribution in [0.1, 0.15) is 25.0 Å². The highest BCUT2D eigenvalue weighted by molar-refractivity contribution is 6.31. The van der Waals surface area contributed by atoms with E-state index in [1.54, 1.807) is 0 Å². The van der Waals surface area contributed by atoms with E-state index in [0.29, 0.717) is 6.61 Å². The molecular weight excluding hydrogens is 368 g/mol. The first-order chi connectivity index (χ1) is 13.7. The molecule has 0 saturated carbocycles. The van der Waals surface area contributed by atoms with Crippen molar-refractivity contribution in [3.63, 3.8) is 0 Å². The lowest BCUT2D eigenvalue weighted by Gasteiger charge is -2.19. The van der Waals surface area contributed by atoms with Gasteiger partial charge in [0.1, 0.15) is 12.4 Å². The predicted molar refractivity (Wildman–Crippen MR) is 119 cm³/mol. The van der Waals surface area contributed by atoms with Crippen molar-refractivity contribution < 1.29 is 4.74 Å². The first-order valence-electron chi connectivity index (χ1n) is 10.0. The van der Waals surface area contributed by atoms with E-state index in [4.69, 9.17) is 16.3 Å². The first-order valence-corrected chi connectivity index (χ1v) is 10.4. The van der Waals surface area contributed by atoms with E-state index in [9.17, 15) is 0 Å². The number of nitrogens with one attached hydrogen (secondary N) is 1. The van der Waals surface area contributed by atoms with Gasteiger partial charge in [0, 0.05) is 35.8 Å². The monoisotopic (exact) mass is 396 g/mol. The molecule has 0 spiro atoms. The maximum atomic E-state index is 6.29. The first kappa shape index (κ1) is 20.7. The molecule has 0 radical (unpaired) electrons. The van der Waals surface area contributed by atoms with Gasteiger partial charge in [-0.05, 0) is 36.0 Å². The molecule has 3 aromatic carbocycles. The molecule has 0 aliphatic rings. The minimum atomic E-state index is 0.463. The molecule has 3 nitrogen and oxygen atoms in total. The molecule has 0 fully saturated rings. The number of likely N-dealkylation sites (N-methyl/N-ethyl adjacent to an activating group) is 1. The Hall–Kier alpha value is -2.07. The lowest BCUT2D eigenvalue weighted by Crippen LogP contribution is -2.31.